The van der Waals surface area contributed by atoms with Gasteiger partial charge in [0.25, 0.3) is 0 Å². The molecule has 3 nitrogen and oxygen atoms in total. The lowest BCUT2D eigenvalue weighted by Crippen LogP contribution is -2.29. The van der Waals surface area contributed by atoms with E-state index in [4.69, 9.17) is 0 Å². The SMILES string of the molecule is CC(C)c1ccc([C@@H](NC(=O)CCc2ccccc2)c2c(O)ccc3ccccc23)cc1. The lowest BCUT2D eigenvalue weighted by atomic mass is 9.91. The van der Waals surface area contributed by atoms with E-state index >= 15 is 0 Å². The molecule has 0 aliphatic carbocycles. The van der Waals surface area contributed by atoms with Gasteiger partial charge in [-0.3, -0.25) is 4.79 Å². The summed E-state index contributed by atoms with van der Waals surface area (Å²) in [5.74, 6) is 0.568. The van der Waals surface area contributed by atoms with Gasteiger partial charge in [-0.25, -0.2) is 0 Å². The highest BCUT2D eigenvalue weighted by molar-refractivity contribution is 5.89. The molecule has 0 radical (unpaired) electrons. The first-order valence-corrected chi connectivity index (χ1v) is 11.2. The maximum atomic E-state index is 13.0. The van der Waals surface area contributed by atoms with E-state index in [1.807, 2.05) is 60.7 Å². The van der Waals surface area contributed by atoms with Crippen molar-refractivity contribution in [3.63, 3.8) is 0 Å². The summed E-state index contributed by atoms with van der Waals surface area (Å²) in [7, 11) is 0. The summed E-state index contributed by atoms with van der Waals surface area (Å²) in [6.45, 7) is 4.32. The zero-order valence-corrected chi connectivity index (χ0v) is 18.6. The Morgan fingerprint density at radius 3 is 2.19 bits per heavy atom. The van der Waals surface area contributed by atoms with Gasteiger partial charge >= 0.3 is 0 Å². The molecule has 32 heavy (non-hydrogen) atoms. The van der Waals surface area contributed by atoms with Crippen LogP contribution in [0.5, 0.6) is 5.75 Å². The molecule has 0 aromatic heterocycles. The third-order valence-corrected chi connectivity index (χ3v) is 5.96. The van der Waals surface area contributed by atoms with Crippen LogP contribution in [-0.2, 0) is 11.2 Å². The lowest BCUT2D eigenvalue weighted by Gasteiger charge is -2.23. The van der Waals surface area contributed by atoms with Gasteiger partial charge in [0, 0.05) is 12.0 Å². The first-order chi connectivity index (χ1) is 15.5. The lowest BCUT2D eigenvalue weighted by molar-refractivity contribution is -0.121. The Kier molecular flexibility index (Phi) is 6.55. The molecule has 0 unspecified atom stereocenters. The maximum Gasteiger partial charge on any atom is 0.221 e. The van der Waals surface area contributed by atoms with Gasteiger partial charge in [0.2, 0.25) is 5.91 Å². The maximum absolute atomic E-state index is 13.0. The van der Waals surface area contributed by atoms with Crippen molar-refractivity contribution in [2.75, 3.05) is 0 Å². The predicted molar refractivity (Wildman–Crippen MR) is 131 cm³/mol. The van der Waals surface area contributed by atoms with Crippen LogP contribution in [0.4, 0.5) is 0 Å². The molecule has 0 spiro atoms. The molecule has 4 aromatic carbocycles. The summed E-state index contributed by atoms with van der Waals surface area (Å²) in [5, 5.41) is 16.0. The molecule has 0 aliphatic rings. The summed E-state index contributed by atoms with van der Waals surface area (Å²) < 4.78 is 0. The van der Waals surface area contributed by atoms with Crippen molar-refractivity contribution in [2.24, 2.45) is 0 Å². The second-order valence-electron chi connectivity index (χ2n) is 8.53. The van der Waals surface area contributed by atoms with Crippen LogP contribution >= 0.6 is 0 Å². The second-order valence-corrected chi connectivity index (χ2v) is 8.53. The van der Waals surface area contributed by atoms with Gasteiger partial charge in [0.05, 0.1) is 6.04 Å². The first kappa shape index (κ1) is 21.6. The number of carbonyl (C=O) groups excluding carboxylic acids is 1. The van der Waals surface area contributed by atoms with E-state index in [0.717, 1.165) is 27.5 Å². The van der Waals surface area contributed by atoms with Crippen LogP contribution in [0.1, 0.15) is 54.5 Å². The van der Waals surface area contributed by atoms with Crippen LogP contribution in [-0.4, -0.2) is 11.0 Å². The molecule has 2 N–H and O–H groups in total. The number of aromatic hydroxyl groups is 1. The van der Waals surface area contributed by atoms with Gasteiger partial charge in [-0.2, -0.15) is 0 Å². The van der Waals surface area contributed by atoms with E-state index in [9.17, 15) is 9.90 Å². The van der Waals surface area contributed by atoms with Crippen LogP contribution in [0.15, 0.2) is 91.0 Å². The largest absolute Gasteiger partial charge is 0.508 e. The molecule has 0 fully saturated rings. The molecule has 162 valence electrons. The molecule has 0 bridgehead atoms. The Morgan fingerprint density at radius 1 is 0.812 bits per heavy atom. The molecular weight excluding hydrogens is 394 g/mol. The summed E-state index contributed by atoms with van der Waals surface area (Å²) in [6.07, 6.45) is 1.06. The van der Waals surface area contributed by atoms with E-state index in [0.29, 0.717) is 18.8 Å². The first-order valence-electron chi connectivity index (χ1n) is 11.2. The van der Waals surface area contributed by atoms with E-state index < -0.39 is 6.04 Å². The van der Waals surface area contributed by atoms with Crippen LogP contribution in [0.3, 0.4) is 0 Å². The van der Waals surface area contributed by atoms with Gasteiger partial charge in [-0.15, -0.1) is 0 Å². The van der Waals surface area contributed by atoms with Crippen molar-refractivity contribution < 1.29 is 9.90 Å². The summed E-state index contributed by atoms with van der Waals surface area (Å²) in [4.78, 5) is 13.0. The fourth-order valence-electron chi connectivity index (χ4n) is 4.12. The fourth-order valence-corrected chi connectivity index (χ4v) is 4.12. The molecule has 0 saturated carbocycles. The van der Waals surface area contributed by atoms with Gasteiger partial charge in [-0.1, -0.05) is 98.8 Å². The Balaban J connectivity index is 1.69. The van der Waals surface area contributed by atoms with Crippen LogP contribution in [0.25, 0.3) is 10.8 Å². The van der Waals surface area contributed by atoms with Crippen LogP contribution in [0.2, 0.25) is 0 Å². The topological polar surface area (TPSA) is 49.3 Å². The highest BCUT2D eigenvalue weighted by Gasteiger charge is 2.22. The van der Waals surface area contributed by atoms with Crippen LogP contribution in [0, 0.1) is 0 Å². The zero-order valence-electron chi connectivity index (χ0n) is 18.6. The number of aryl methyl sites for hydroxylation is 1. The van der Waals surface area contributed by atoms with Crippen molar-refractivity contribution in [1.82, 2.24) is 5.32 Å². The highest BCUT2D eigenvalue weighted by Crippen LogP contribution is 2.36. The molecule has 0 saturated heterocycles. The van der Waals surface area contributed by atoms with Gasteiger partial charge in [0.15, 0.2) is 0 Å². The highest BCUT2D eigenvalue weighted by atomic mass is 16.3. The van der Waals surface area contributed by atoms with Gasteiger partial charge in [0.1, 0.15) is 5.75 Å². The Morgan fingerprint density at radius 2 is 1.47 bits per heavy atom. The van der Waals surface area contributed by atoms with Gasteiger partial charge < -0.3 is 10.4 Å². The van der Waals surface area contributed by atoms with E-state index in [-0.39, 0.29) is 11.7 Å². The number of amides is 1. The fraction of sp³-hybridized carbons (Fsp3) is 0.207. The minimum absolute atomic E-state index is 0.0425. The number of fused-ring (bicyclic) bond motifs is 1. The number of phenolic OH excluding ortho intramolecular Hbond substituents is 1. The molecule has 4 aromatic rings. The Bertz CT molecular complexity index is 1200. The van der Waals surface area contributed by atoms with Crippen molar-refractivity contribution in [2.45, 2.75) is 38.6 Å². The zero-order chi connectivity index (χ0) is 22.5. The van der Waals surface area contributed by atoms with E-state index in [2.05, 4.69) is 43.4 Å². The number of hydrogen-bond acceptors (Lipinski definition) is 2. The van der Waals surface area contributed by atoms with E-state index in [1.165, 1.54) is 5.56 Å². The smallest absolute Gasteiger partial charge is 0.221 e. The number of benzene rings is 4. The Labute approximate surface area is 189 Å². The third kappa shape index (κ3) is 4.83. The minimum Gasteiger partial charge on any atom is -0.508 e. The summed E-state index contributed by atoms with van der Waals surface area (Å²) in [6, 6.07) is 29.5. The molecule has 4 rings (SSSR count). The number of hydrogen-bond donors (Lipinski definition) is 2. The summed E-state index contributed by atoms with van der Waals surface area (Å²) in [5.41, 5.74) is 4.06. The Hall–Kier alpha value is -3.59. The predicted octanol–water partition coefficient (Wildman–Crippen LogP) is 6.51. The molecule has 1 atom stereocenters. The number of nitrogens with one attached hydrogen (secondary N) is 1. The number of rotatable bonds is 7. The van der Waals surface area contributed by atoms with Crippen molar-refractivity contribution >= 4 is 16.7 Å². The number of carbonyl (C=O) groups is 1. The van der Waals surface area contributed by atoms with Crippen molar-refractivity contribution in [3.8, 4) is 5.75 Å². The summed E-state index contributed by atoms with van der Waals surface area (Å²) >= 11 is 0. The van der Waals surface area contributed by atoms with Gasteiger partial charge in [-0.05, 0) is 45.9 Å². The molecular formula is C29H29NO2. The average molecular weight is 424 g/mol. The molecule has 3 heteroatoms. The van der Waals surface area contributed by atoms with Crippen LogP contribution < -0.4 is 5.32 Å². The molecule has 0 aliphatic heterocycles. The van der Waals surface area contributed by atoms with Crippen molar-refractivity contribution in [1.29, 1.82) is 0 Å². The molecule has 1 amide bonds. The quantitative estimate of drug-likeness (QED) is 0.356. The third-order valence-electron chi connectivity index (χ3n) is 5.96. The second kappa shape index (κ2) is 9.69. The number of phenols is 1. The van der Waals surface area contributed by atoms with E-state index in [1.54, 1.807) is 6.07 Å². The molecule has 0 heterocycles. The average Bonchev–Trinajstić information content (AvgIpc) is 2.82. The normalized spacial score (nSPS) is 12.1. The minimum atomic E-state index is -0.439. The van der Waals surface area contributed by atoms with Crippen molar-refractivity contribution in [3.05, 3.63) is 113 Å². The monoisotopic (exact) mass is 423 g/mol. The standard InChI is InChI=1S/C29H29NO2/c1-20(2)22-13-15-24(16-14-22)29(30-27(32)19-12-21-8-4-3-5-9-21)28-25-11-7-6-10-23(25)17-18-26(28)31/h3-11,13-18,20,29,31H,12,19H2,1-2H3,(H,30,32)/t29-/m1/s1.